The van der Waals surface area contributed by atoms with Gasteiger partial charge in [-0.1, -0.05) is 19.1 Å². The summed E-state index contributed by atoms with van der Waals surface area (Å²) >= 11 is 0. The van der Waals surface area contributed by atoms with Gasteiger partial charge in [-0.15, -0.1) is 0 Å². The Bertz CT molecular complexity index is 507. The van der Waals surface area contributed by atoms with E-state index >= 15 is 0 Å². The minimum Gasteiger partial charge on any atom is -0.316 e. The van der Waals surface area contributed by atoms with Crippen LogP contribution in [-0.4, -0.2) is 43.1 Å². The second kappa shape index (κ2) is 6.12. The molecule has 0 aliphatic carbocycles. The minimum absolute atomic E-state index is 0.153. The first-order chi connectivity index (χ1) is 8.43. The van der Waals surface area contributed by atoms with Gasteiger partial charge in [0.05, 0.1) is 6.20 Å². The number of aromatic nitrogens is 2. The number of nitrogens with one attached hydrogen (secondary N) is 2. The van der Waals surface area contributed by atoms with Crippen molar-refractivity contribution < 1.29 is 8.42 Å². The Hall–Kier alpha value is -1.18. The maximum absolute atomic E-state index is 12.4. The third-order valence-electron chi connectivity index (χ3n) is 2.44. The Labute approximate surface area is 108 Å². The van der Waals surface area contributed by atoms with Crippen molar-refractivity contribution in [2.75, 3.05) is 20.1 Å². The van der Waals surface area contributed by atoms with Crippen LogP contribution in [0.4, 0.5) is 0 Å². The van der Waals surface area contributed by atoms with Crippen LogP contribution in [0.3, 0.4) is 0 Å². The first-order valence-electron chi connectivity index (χ1n) is 5.74. The number of rotatable bonds is 7. The van der Waals surface area contributed by atoms with Crippen LogP contribution < -0.4 is 5.32 Å². The molecule has 0 saturated heterocycles. The summed E-state index contributed by atoms with van der Waals surface area (Å²) in [6, 6.07) is 0. The van der Waals surface area contributed by atoms with E-state index in [0.717, 1.165) is 5.57 Å². The van der Waals surface area contributed by atoms with Gasteiger partial charge in [-0.3, -0.25) is 5.10 Å². The van der Waals surface area contributed by atoms with Crippen LogP contribution in [0.1, 0.15) is 19.4 Å². The van der Waals surface area contributed by atoms with E-state index in [2.05, 4.69) is 22.1 Å². The first-order valence-corrected chi connectivity index (χ1v) is 7.18. The molecule has 0 aliphatic rings. The first kappa shape index (κ1) is 14.9. The van der Waals surface area contributed by atoms with Crippen LogP contribution in [0.25, 0.3) is 0 Å². The highest BCUT2D eigenvalue weighted by molar-refractivity contribution is 7.89. The molecule has 1 heterocycles. The van der Waals surface area contributed by atoms with Gasteiger partial charge in [0, 0.05) is 25.2 Å². The average Bonchev–Trinajstić information content (AvgIpc) is 2.74. The van der Waals surface area contributed by atoms with Crippen LogP contribution in [0, 0.1) is 0 Å². The molecule has 6 nitrogen and oxygen atoms in total. The second-order valence-electron chi connectivity index (χ2n) is 4.14. The molecule has 0 fully saturated rings. The molecule has 0 bridgehead atoms. The molecule has 102 valence electrons. The van der Waals surface area contributed by atoms with Crippen molar-refractivity contribution >= 4 is 10.0 Å². The molecular weight excluding hydrogens is 252 g/mol. The lowest BCUT2D eigenvalue weighted by Crippen LogP contribution is -2.33. The highest BCUT2D eigenvalue weighted by atomic mass is 32.2. The molecule has 0 atom stereocenters. The summed E-state index contributed by atoms with van der Waals surface area (Å²) in [5.41, 5.74) is 1.44. The van der Waals surface area contributed by atoms with Gasteiger partial charge in [0.25, 0.3) is 10.0 Å². The fourth-order valence-electron chi connectivity index (χ4n) is 1.64. The van der Waals surface area contributed by atoms with E-state index in [1.54, 1.807) is 20.9 Å². The number of hydrogen-bond acceptors (Lipinski definition) is 4. The number of H-pyrrole nitrogens is 1. The standard InChI is InChI=1S/C11H20N4O2S/c1-5-15(8-9(2)3)18(16,17)11-10(6-12-4)7-13-14-11/h7,12H,2,5-6,8H2,1,3-4H3,(H,13,14). The zero-order valence-corrected chi connectivity index (χ0v) is 11.8. The molecule has 2 N–H and O–H groups in total. The number of nitrogens with zero attached hydrogens (tertiary/aromatic N) is 2. The molecule has 1 aromatic heterocycles. The molecule has 1 aromatic rings. The largest absolute Gasteiger partial charge is 0.316 e. The Morgan fingerprint density at radius 2 is 2.28 bits per heavy atom. The summed E-state index contributed by atoms with van der Waals surface area (Å²) in [7, 11) is -1.78. The van der Waals surface area contributed by atoms with Gasteiger partial charge in [-0.05, 0) is 14.0 Å². The van der Waals surface area contributed by atoms with Gasteiger partial charge in [0.1, 0.15) is 0 Å². The summed E-state index contributed by atoms with van der Waals surface area (Å²) in [6.45, 7) is 8.52. The van der Waals surface area contributed by atoms with E-state index in [1.807, 2.05) is 0 Å². The van der Waals surface area contributed by atoms with E-state index in [9.17, 15) is 8.42 Å². The van der Waals surface area contributed by atoms with E-state index in [1.165, 1.54) is 10.5 Å². The van der Waals surface area contributed by atoms with Gasteiger partial charge >= 0.3 is 0 Å². The molecule has 0 radical (unpaired) electrons. The zero-order valence-electron chi connectivity index (χ0n) is 11.0. The van der Waals surface area contributed by atoms with Gasteiger partial charge in [-0.2, -0.15) is 9.40 Å². The van der Waals surface area contributed by atoms with E-state index in [-0.39, 0.29) is 5.03 Å². The maximum atomic E-state index is 12.4. The Kier molecular flexibility index (Phi) is 5.06. The van der Waals surface area contributed by atoms with Crippen molar-refractivity contribution in [2.45, 2.75) is 25.4 Å². The number of sulfonamides is 1. The molecule has 0 aromatic carbocycles. The Morgan fingerprint density at radius 1 is 1.61 bits per heavy atom. The molecule has 1 rings (SSSR count). The fourth-order valence-corrected chi connectivity index (χ4v) is 3.25. The van der Waals surface area contributed by atoms with Crippen molar-refractivity contribution in [2.24, 2.45) is 0 Å². The Morgan fingerprint density at radius 3 is 2.78 bits per heavy atom. The van der Waals surface area contributed by atoms with Crippen molar-refractivity contribution in [3.63, 3.8) is 0 Å². The monoisotopic (exact) mass is 272 g/mol. The lowest BCUT2D eigenvalue weighted by Gasteiger charge is -2.20. The molecule has 7 heteroatoms. The number of likely N-dealkylation sites (N-methyl/N-ethyl adjacent to an activating group) is 1. The molecule has 0 spiro atoms. The van der Waals surface area contributed by atoms with E-state index < -0.39 is 10.0 Å². The van der Waals surface area contributed by atoms with Crippen LogP contribution in [0.15, 0.2) is 23.4 Å². The van der Waals surface area contributed by atoms with Crippen LogP contribution >= 0.6 is 0 Å². The highest BCUT2D eigenvalue weighted by Gasteiger charge is 2.27. The molecule has 0 aliphatic heterocycles. The lowest BCUT2D eigenvalue weighted by atomic mass is 10.3. The van der Waals surface area contributed by atoms with Crippen LogP contribution in [0.5, 0.6) is 0 Å². The van der Waals surface area contributed by atoms with Crippen LogP contribution in [0.2, 0.25) is 0 Å². The quantitative estimate of drug-likeness (QED) is 0.717. The predicted octanol–water partition coefficient (Wildman–Crippen LogP) is 0.716. The predicted molar refractivity (Wildman–Crippen MR) is 70.6 cm³/mol. The van der Waals surface area contributed by atoms with Crippen LogP contribution in [-0.2, 0) is 16.6 Å². The Balaban J connectivity index is 3.10. The van der Waals surface area contributed by atoms with E-state index in [4.69, 9.17) is 0 Å². The van der Waals surface area contributed by atoms with Crippen molar-refractivity contribution in [1.29, 1.82) is 0 Å². The minimum atomic E-state index is -3.54. The molecule has 0 unspecified atom stereocenters. The maximum Gasteiger partial charge on any atom is 0.260 e. The summed E-state index contributed by atoms with van der Waals surface area (Å²) in [5, 5.41) is 9.45. The summed E-state index contributed by atoms with van der Waals surface area (Å²) in [4.78, 5) is 0. The highest BCUT2D eigenvalue weighted by Crippen LogP contribution is 2.18. The number of hydrogen-bond donors (Lipinski definition) is 2. The van der Waals surface area contributed by atoms with Gasteiger partial charge < -0.3 is 5.32 Å². The molecule has 18 heavy (non-hydrogen) atoms. The average molecular weight is 272 g/mol. The zero-order chi connectivity index (χ0) is 13.8. The third kappa shape index (κ3) is 3.18. The summed E-state index contributed by atoms with van der Waals surface area (Å²) < 4.78 is 26.3. The topological polar surface area (TPSA) is 78.1 Å². The van der Waals surface area contributed by atoms with Gasteiger partial charge in [0.2, 0.25) is 0 Å². The third-order valence-corrected chi connectivity index (χ3v) is 4.38. The molecule has 0 amide bonds. The molecule has 0 saturated carbocycles. The fraction of sp³-hybridized carbons (Fsp3) is 0.545. The van der Waals surface area contributed by atoms with Crippen molar-refractivity contribution in [1.82, 2.24) is 19.8 Å². The summed E-state index contributed by atoms with van der Waals surface area (Å²) in [6.07, 6.45) is 1.53. The van der Waals surface area contributed by atoms with Crippen molar-refractivity contribution in [3.8, 4) is 0 Å². The summed E-state index contributed by atoms with van der Waals surface area (Å²) in [5.74, 6) is 0. The van der Waals surface area contributed by atoms with Gasteiger partial charge in [0.15, 0.2) is 5.03 Å². The smallest absolute Gasteiger partial charge is 0.260 e. The van der Waals surface area contributed by atoms with E-state index in [0.29, 0.717) is 25.2 Å². The molecular formula is C11H20N4O2S. The SMILES string of the molecule is C=C(C)CN(CC)S(=O)(=O)c1[nH]ncc1CNC. The second-order valence-corrected chi connectivity index (χ2v) is 6.02. The van der Waals surface area contributed by atoms with Crippen molar-refractivity contribution in [3.05, 3.63) is 23.9 Å². The van der Waals surface area contributed by atoms with Gasteiger partial charge in [-0.25, -0.2) is 8.42 Å². The number of aromatic amines is 1. The normalized spacial score (nSPS) is 12.0. The lowest BCUT2D eigenvalue weighted by molar-refractivity contribution is 0.449.